The number of benzene rings is 2. The molecule has 4 rings (SSSR count). The Kier molecular flexibility index (Phi) is 3.55. The Hall–Kier alpha value is -1.58. The monoisotopic (exact) mass is 317 g/mol. The lowest BCUT2D eigenvalue weighted by molar-refractivity contribution is -0.0381. The Balaban J connectivity index is 1.77. The smallest absolute Gasteiger partial charge is 0.123 e. The normalized spacial score (nSPS) is 26.7. The van der Waals surface area contributed by atoms with Gasteiger partial charge in [0.25, 0.3) is 0 Å². The molecule has 0 bridgehead atoms. The summed E-state index contributed by atoms with van der Waals surface area (Å²) < 4.78 is 19.3. The van der Waals surface area contributed by atoms with E-state index in [1.807, 2.05) is 30.3 Å². The number of hydrogen-bond acceptors (Lipinski definition) is 2. The Morgan fingerprint density at radius 1 is 1.14 bits per heavy atom. The van der Waals surface area contributed by atoms with Crippen molar-refractivity contribution in [2.75, 3.05) is 11.9 Å². The Morgan fingerprint density at radius 3 is 2.77 bits per heavy atom. The molecule has 2 aromatic rings. The zero-order valence-corrected chi connectivity index (χ0v) is 12.8. The summed E-state index contributed by atoms with van der Waals surface area (Å²) in [5, 5.41) is 4.33. The van der Waals surface area contributed by atoms with E-state index in [2.05, 4.69) is 5.32 Å². The van der Waals surface area contributed by atoms with E-state index in [1.54, 1.807) is 0 Å². The first kappa shape index (κ1) is 14.0. The number of nitrogens with one attached hydrogen (secondary N) is 1. The van der Waals surface area contributed by atoms with Gasteiger partial charge in [-0.2, -0.15) is 0 Å². The average molecular weight is 318 g/mol. The summed E-state index contributed by atoms with van der Waals surface area (Å²) in [5.74, 6) is 0.133. The summed E-state index contributed by atoms with van der Waals surface area (Å²) in [4.78, 5) is 0. The molecule has 4 heteroatoms. The zero-order valence-electron chi connectivity index (χ0n) is 12.1. The van der Waals surface area contributed by atoms with E-state index in [4.69, 9.17) is 16.3 Å². The summed E-state index contributed by atoms with van der Waals surface area (Å²) in [6.45, 7) is 0.781. The lowest BCUT2D eigenvalue weighted by Crippen LogP contribution is -2.36. The van der Waals surface area contributed by atoms with Gasteiger partial charge >= 0.3 is 0 Å². The van der Waals surface area contributed by atoms with Crippen molar-refractivity contribution in [2.24, 2.45) is 5.92 Å². The molecule has 0 radical (unpaired) electrons. The Bertz CT molecular complexity index is 688. The molecule has 22 heavy (non-hydrogen) atoms. The molecule has 1 fully saturated rings. The molecule has 0 aliphatic carbocycles. The molecule has 0 spiro atoms. The molecular formula is C18H17ClFNO. The lowest BCUT2D eigenvalue weighted by Gasteiger charge is -2.43. The summed E-state index contributed by atoms with van der Waals surface area (Å²) >= 11 is 6.15. The van der Waals surface area contributed by atoms with E-state index in [0.29, 0.717) is 5.92 Å². The Labute approximate surface area is 134 Å². The minimum absolute atomic E-state index is 0.0544. The van der Waals surface area contributed by atoms with Gasteiger partial charge in [0.05, 0.1) is 12.1 Å². The third-order valence-electron chi connectivity index (χ3n) is 4.66. The van der Waals surface area contributed by atoms with Crippen molar-refractivity contribution in [1.82, 2.24) is 0 Å². The fourth-order valence-corrected chi connectivity index (χ4v) is 3.82. The third-order valence-corrected chi connectivity index (χ3v) is 4.89. The quantitative estimate of drug-likeness (QED) is 0.788. The van der Waals surface area contributed by atoms with Crippen LogP contribution in [0.2, 0.25) is 5.02 Å². The largest absolute Gasteiger partial charge is 0.378 e. The maximum absolute atomic E-state index is 13.2. The highest BCUT2D eigenvalue weighted by molar-refractivity contribution is 6.30. The van der Waals surface area contributed by atoms with Gasteiger partial charge in [0.2, 0.25) is 0 Å². The predicted octanol–water partition coefficient (Wildman–Crippen LogP) is 5.11. The van der Waals surface area contributed by atoms with Crippen molar-refractivity contribution in [2.45, 2.75) is 25.0 Å². The van der Waals surface area contributed by atoms with Crippen LogP contribution in [0.3, 0.4) is 0 Å². The minimum atomic E-state index is -0.205. The van der Waals surface area contributed by atoms with E-state index in [0.717, 1.165) is 41.3 Å². The van der Waals surface area contributed by atoms with E-state index in [9.17, 15) is 4.39 Å². The van der Waals surface area contributed by atoms with E-state index < -0.39 is 0 Å². The van der Waals surface area contributed by atoms with Crippen LogP contribution in [0.5, 0.6) is 0 Å². The first-order chi connectivity index (χ1) is 10.7. The van der Waals surface area contributed by atoms with Gasteiger partial charge < -0.3 is 10.1 Å². The van der Waals surface area contributed by atoms with Gasteiger partial charge in [-0.05, 0) is 48.7 Å². The molecule has 2 aliphatic heterocycles. The van der Waals surface area contributed by atoms with Gasteiger partial charge in [-0.3, -0.25) is 0 Å². The van der Waals surface area contributed by atoms with Crippen molar-refractivity contribution in [1.29, 1.82) is 0 Å². The van der Waals surface area contributed by atoms with Crippen molar-refractivity contribution in [3.05, 3.63) is 64.4 Å². The lowest BCUT2D eigenvalue weighted by atomic mass is 9.77. The van der Waals surface area contributed by atoms with Crippen LogP contribution in [0.15, 0.2) is 42.5 Å². The molecule has 114 valence electrons. The summed E-state index contributed by atoms with van der Waals surface area (Å²) in [5.41, 5.74) is 3.29. The van der Waals surface area contributed by atoms with Gasteiger partial charge in [-0.15, -0.1) is 0 Å². The molecule has 2 aliphatic rings. The second-order valence-corrected chi connectivity index (χ2v) is 6.44. The maximum atomic E-state index is 13.2. The molecular weight excluding hydrogens is 301 g/mol. The van der Waals surface area contributed by atoms with Gasteiger partial charge in [0.1, 0.15) is 5.82 Å². The third kappa shape index (κ3) is 2.38. The van der Waals surface area contributed by atoms with Crippen molar-refractivity contribution >= 4 is 17.3 Å². The van der Waals surface area contributed by atoms with Crippen LogP contribution >= 0.6 is 11.6 Å². The molecule has 0 amide bonds. The number of hydrogen-bond donors (Lipinski definition) is 1. The number of fused-ring (bicyclic) bond motifs is 3. The van der Waals surface area contributed by atoms with Crippen LogP contribution in [0.25, 0.3) is 0 Å². The fourth-order valence-electron chi connectivity index (χ4n) is 3.64. The second kappa shape index (κ2) is 5.56. The molecule has 2 nitrogen and oxygen atoms in total. The van der Waals surface area contributed by atoms with Crippen LogP contribution in [-0.2, 0) is 4.74 Å². The van der Waals surface area contributed by atoms with Crippen LogP contribution in [0.4, 0.5) is 10.1 Å². The van der Waals surface area contributed by atoms with Crippen LogP contribution in [0, 0.1) is 11.7 Å². The molecule has 2 aromatic carbocycles. The highest BCUT2D eigenvalue weighted by Crippen LogP contribution is 2.49. The van der Waals surface area contributed by atoms with Crippen molar-refractivity contribution in [3.8, 4) is 0 Å². The minimum Gasteiger partial charge on any atom is -0.378 e. The van der Waals surface area contributed by atoms with Crippen molar-refractivity contribution in [3.63, 3.8) is 0 Å². The standard InChI is InChI=1S/C18H17ClFNO/c19-12-5-8-16-15(10-12)18-14(2-1-9-22-18)17(21-16)11-3-6-13(20)7-4-11/h3-8,10,14,17-18,21H,1-2,9H2/t14-,17?,18-/m0/s1. The van der Waals surface area contributed by atoms with Gasteiger partial charge in [0, 0.05) is 28.8 Å². The highest BCUT2D eigenvalue weighted by Gasteiger charge is 2.39. The molecule has 0 aromatic heterocycles. The van der Waals surface area contributed by atoms with Crippen LogP contribution in [-0.4, -0.2) is 6.61 Å². The molecule has 1 N–H and O–H groups in total. The number of ether oxygens (including phenoxy) is 1. The topological polar surface area (TPSA) is 21.3 Å². The molecule has 2 heterocycles. The highest BCUT2D eigenvalue weighted by atomic mass is 35.5. The zero-order chi connectivity index (χ0) is 15.1. The predicted molar refractivity (Wildman–Crippen MR) is 85.6 cm³/mol. The second-order valence-electron chi connectivity index (χ2n) is 6.00. The molecule has 1 unspecified atom stereocenters. The summed E-state index contributed by atoms with van der Waals surface area (Å²) in [7, 11) is 0. The first-order valence-electron chi connectivity index (χ1n) is 7.65. The van der Waals surface area contributed by atoms with Gasteiger partial charge in [0.15, 0.2) is 0 Å². The first-order valence-corrected chi connectivity index (χ1v) is 8.03. The Morgan fingerprint density at radius 2 is 1.95 bits per heavy atom. The van der Waals surface area contributed by atoms with E-state index in [-0.39, 0.29) is 18.0 Å². The average Bonchev–Trinajstić information content (AvgIpc) is 2.55. The SMILES string of the molecule is Fc1ccc(C2Nc3ccc(Cl)cc3[C@H]3OCCC[C@@H]23)cc1. The molecule has 3 atom stereocenters. The summed E-state index contributed by atoms with van der Waals surface area (Å²) in [6, 6.07) is 12.8. The van der Waals surface area contributed by atoms with Crippen LogP contribution < -0.4 is 5.32 Å². The van der Waals surface area contributed by atoms with Gasteiger partial charge in [-0.25, -0.2) is 4.39 Å². The van der Waals surface area contributed by atoms with Crippen molar-refractivity contribution < 1.29 is 9.13 Å². The number of rotatable bonds is 1. The number of anilines is 1. The molecule has 0 saturated carbocycles. The van der Waals surface area contributed by atoms with Gasteiger partial charge in [-0.1, -0.05) is 23.7 Å². The van der Waals surface area contributed by atoms with Crippen LogP contribution in [0.1, 0.15) is 36.1 Å². The van der Waals surface area contributed by atoms with E-state index in [1.165, 1.54) is 12.1 Å². The fraction of sp³-hybridized carbons (Fsp3) is 0.333. The summed E-state index contributed by atoms with van der Waals surface area (Å²) in [6.07, 6.45) is 2.20. The van der Waals surface area contributed by atoms with E-state index >= 15 is 0 Å². The molecule has 1 saturated heterocycles. The number of halogens is 2. The maximum Gasteiger partial charge on any atom is 0.123 e.